The standard InChI is InChI=1S/C18H26O3/c1-17(2)8-9-18(3,4)15-11-13(5-6-14(15)17)7-10-21-12-16(19)20/h5-6,11H,7-10,12H2,1-4H3,(H,19,20). The third-order valence-corrected chi connectivity index (χ3v) is 4.68. The third kappa shape index (κ3) is 3.65. The molecule has 1 aliphatic carbocycles. The molecule has 0 saturated carbocycles. The van der Waals surface area contributed by atoms with Gasteiger partial charge in [0.15, 0.2) is 0 Å². The quantitative estimate of drug-likeness (QED) is 0.841. The molecule has 1 aromatic rings. The number of rotatable bonds is 5. The monoisotopic (exact) mass is 290 g/mol. The van der Waals surface area contributed by atoms with Crippen LogP contribution in [0.2, 0.25) is 0 Å². The number of fused-ring (bicyclic) bond motifs is 1. The van der Waals surface area contributed by atoms with Crippen molar-refractivity contribution in [2.75, 3.05) is 13.2 Å². The average Bonchev–Trinajstić information content (AvgIpc) is 2.40. The zero-order valence-corrected chi connectivity index (χ0v) is 13.5. The summed E-state index contributed by atoms with van der Waals surface area (Å²) in [6.07, 6.45) is 3.18. The highest BCUT2D eigenvalue weighted by molar-refractivity contribution is 5.67. The molecule has 1 aromatic carbocycles. The van der Waals surface area contributed by atoms with E-state index in [2.05, 4.69) is 45.9 Å². The fourth-order valence-electron chi connectivity index (χ4n) is 3.14. The van der Waals surface area contributed by atoms with Crippen LogP contribution in [0.4, 0.5) is 0 Å². The van der Waals surface area contributed by atoms with Crippen LogP contribution in [0.15, 0.2) is 18.2 Å². The van der Waals surface area contributed by atoms with Gasteiger partial charge in [-0.25, -0.2) is 4.79 Å². The first-order valence-electron chi connectivity index (χ1n) is 7.66. The molecule has 0 aliphatic heterocycles. The number of aliphatic carboxylic acids is 1. The number of benzene rings is 1. The first-order valence-corrected chi connectivity index (χ1v) is 7.66. The molecule has 0 saturated heterocycles. The van der Waals surface area contributed by atoms with Crippen molar-refractivity contribution < 1.29 is 14.6 Å². The van der Waals surface area contributed by atoms with E-state index in [0.717, 1.165) is 6.42 Å². The Balaban J connectivity index is 2.15. The zero-order chi connectivity index (χ0) is 15.7. The molecule has 0 unspecified atom stereocenters. The van der Waals surface area contributed by atoms with Crippen molar-refractivity contribution in [2.45, 2.75) is 57.8 Å². The lowest BCUT2D eigenvalue weighted by atomic mass is 9.63. The maximum Gasteiger partial charge on any atom is 0.329 e. The summed E-state index contributed by atoms with van der Waals surface area (Å²) in [6, 6.07) is 6.70. The van der Waals surface area contributed by atoms with Gasteiger partial charge in [-0.1, -0.05) is 45.9 Å². The Morgan fingerprint density at radius 1 is 1.14 bits per heavy atom. The predicted octanol–water partition coefficient (Wildman–Crippen LogP) is 3.68. The second-order valence-electron chi connectivity index (χ2n) is 7.34. The summed E-state index contributed by atoms with van der Waals surface area (Å²) >= 11 is 0. The molecule has 3 nitrogen and oxygen atoms in total. The van der Waals surface area contributed by atoms with E-state index in [-0.39, 0.29) is 17.4 Å². The topological polar surface area (TPSA) is 46.5 Å². The zero-order valence-electron chi connectivity index (χ0n) is 13.5. The Bertz CT molecular complexity index is 529. The summed E-state index contributed by atoms with van der Waals surface area (Å²) in [4.78, 5) is 10.4. The number of carbonyl (C=O) groups is 1. The molecule has 2 rings (SSSR count). The van der Waals surface area contributed by atoms with E-state index in [4.69, 9.17) is 9.84 Å². The minimum Gasteiger partial charge on any atom is -0.480 e. The average molecular weight is 290 g/mol. The van der Waals surface area contributed by atoms with Gasteiger partial charge in [-0.15, -0.1) is 0 Å². The molecule has 0 aromatic heterocycles. The van der Waals surface area contributed by atoms with Crippen molar-refractivity contribution in [3.63, 3.8) is 0 Å². The van der Waals surface area contributed by atoms with Gasteiger partial charge >= 0.3 is 5.97 Å². The summed E-state index contributed by atoms with van der Waals surface area (Å²) in [7, 11) is 0. The SMILES string of the molecule is CC1(C)CCC(C)(C)c2cc(CCOCC(=O)O)ccc21. The number of ether oxygens (including phenoxy) is 1. The van der Waals surface area contributed by atoms with Crippen LogP contribution >= 0.6 is 0 Å². The van der Waals surface area contributed by atoms with Crippen molar-refractivity contribution in [1.29, 1.82) is 0 Å². The summed E-state index contributed by atoms with van der Waals surface area (Å²) in [5, 5.41) is 8.57. The maximum atomic E-state index is 10.4. The van der Waals surface area contributed by atoms with Crippen LogP contribution < -0.4 is 0 Å². The van der Waals surface area contributed by atoms with E-state index in [9.17, 15) is 4.79 Å². The van der Waals surface area contributed by atoms with Crippen LogP contribution in [-0.4, -0.2) is 24.3 Å². The lowest BCUT2D eigenvalue weighted by molar-refractivity contribution is -0.142. The highest BCUT2D eigenvalue weighted by Gasteiger charge is 2.36. The normalized spacial score (nSPS) is 19.0. The Morgan fingerprint density at radius 3 is 2.38 bits per heavy atom. The molecule has 0 bridgehead atoms. The summed E-state index contributed by atoms with van der Waals surface area (Å²) in [5.41, 5.74) is 4.57. The number of carboxylic acids is 1. The second kappa shape index (κ2) is 5.80. The lowest BCUT2D eigenvalue weighted by Gasteiger charge is -2.42. The van der Waals surface area contributed by atoms with Crippen LogP contribution in [0.5, 0.6) is 0 Å². The van der Waals surface area contributed by atoms with E-state index in [1.54, 1.807) is 0 Å². The molecule has 116 valence electrons. The van der Waals surface area contributed by atoms with E-state index < -0.39 is 5.97 Å². The maximum absolute atomic E-state index is 10.4. The Hall–Kier alpha value is -1.35. The lowest BCUT2D eigenvalue weighted by Crippen LogP contribution is -2.33. The number of hydrogen-bond donors (Lipinski definition) is 1. The van der Waals surface area contributed by atoms with Gasteiger partial charge in [0.2, 0.25) is 0 Å². The van der Waals surface area contributed by atoms with Gasteiger partial charge in [-0.2, -0.15) is 0 Å². The molecule has 1 N–H and O–H groups in total. The van der Waals surface area contributed by atoms with E-state index in [0.29, 0.717) is 6.61 Å². The summed E-state index contributed by atoms with van der Waals surface area (Å²) in [6.45, 7) is 9.49. The fraction of sp³-hybridized carbons (Fsp3) is 0.611. The van der Waals surface area contributed by atoms with Gasteiger partial charge in [0.1, 0.15) is 6.61 Å². The van der Waals surface area contributed by atoms with Crippen molar-refractivity contribution >= 4 is 5.97 Å². The minimum absolute atomic E-state index is 0.211. The molecular formula is C18H26O3. The summed E-state index contributed by atoms with van der Waals surface area (Å²) in [5.74, 6) is -0.914. The van der Waals surface area contributed by atoms with Crippen molar-refractivity contribution in [3.05, 3.63) is 34.9 Å². The summed E-state index contributed by atoms with van der Waals surface area (Å²) < 4.78 is 5.14. The molecule has 0 atom stereocenters. The van der Waals surface area contributed by atoms with Gasteiger partial charge in [-0.3, -0.25) is 0 Å². The van der Waals surface area contributed by atoms with Gasteiger partial charge in [0.05, 0.1) is 6.61 Å². The number of hydrogen-bond acceptors (Lipinski definition) is 2. The highest BCUT2D eigenvalue weighted by Crippen LogP contribution is 2.45. The molecule has 0 heterocycles. The molecule has 3 heteroatoms. The van der Waals surface area contributed by atoms with Crippen LogP contribution in [0.3, 0.4) is 0 Å². The largest absolute Gasteiger partial charge is 0.480 e. The van der Waals surface area contributed by atoms with E-state index in [1.807, 2.05) is 0 Å². The van der Waals surface area contributed by atoms with Crippen molar-refractivity contribution in [1.82, 2.24) is 0 Å². The second-order valence-corrected chi connectivity index (χ2v) is 7.34. The smallest absolute Gasteiger partial charge is 0.329 e. The highest BCUT2D eigenvalue weighted by atomic mass is 16.5. The first kappa shape index (κ1) is 16.0. The van der Waals surface area contributed by atoms with Gasteiger partial charge in [0, 0.05) is 0 Å². The Labute approximate surface area is 127 Å². The van der Waals surface area contributed by atoms with Crippen molar-refractivity contribution in [2.24, 2.45) is 0 Å². The van der Waals surface area contributed by atoms with Crippen LogP contribution in [-0.2, 0) is 26.8 Å². The van der Waals surface area contributed by atoms with Crippen LogP contribution in [0.1, 0.15) is 57.2 Å². The predicted molar refractivity (Wildman–Crippen MR) is 83.9 cm³/mol. The van der Waals surface area contributed by atoms with Gasteiger partial charge in [0.25, 0.3) is 0 Å². The first-order chi connectivity index (χ1) is 9.72. The van der Waals surface area contributed by atoms with Gasteiger partial charge < -0.3 is 9.84 Å². The Kier molecular flexibility index (Phi) is 4.43. The molecule has 0 spiro atoms. The molecular weight excluding hydrogens is 264 g/mol. The molecule has 1 aliphatic rings. The minimum atomic E-state index is -0.914. The Morgan fingerprint density at radius 2 is 1.76 bits per heavy atom. The third-order valence-electron chi connectivity index (χ3n) is 4.68. The molecule has 0 radical (unpaired) electrons. The van der Waals surface area contributed by atoms with Crippen molar-refractivity contribution in [3.8, 4) is 0 Å². The number of carboxylic acid groups (broad SMARTS) is 1. The van der Waals surface area contributed by atoms with Gasteiger partial charge in [-0.05, 0) is 46.8 Å². The molecule has 21 heavy (non-hydrogen) atoms. The molecule has 0 fully saturated rings. The van der Waals surface area contributed by atoms with E-state index in [1.165, 1.54) is 29.5 Å². The van der Waals surface area contributed by atoms with Crippen LogP contribution in [0.25, 0.3) is 0 Å². The molecule has 0 amide bonds. The van der Waals surface area contributed by atoms with E-state index >= 15 is 0 Å². The van der Waals surface area contributed by atoms with Crippen LogP contribution in [0, 0.1) is 0 Å². The fourth-order valence-corrected chi connectivity index (χ4v) is 3.14.